The molecule has 1 saturated carbocycles. The van der Waals surface area contributed by atoms with E-state index in [1.807, 2.05) is 4.90 Å². The van der Waals surface area contributed by atoms with Crippen LogP contribution in [0, 0.1) is 5.92 Å². The fraction of sp³-hybridized carbons (Fsp3) is 0.800. The first-order valence-electron chi connectivity index (χ1n) is 5.20. The molecule has 4 nitrogen and oxygen atoms in total. The summed E-state index contributed by atoms with van der Waals surface area (Å²) in [6.45, 7) is 0.757. The second kappa shape index (κ2) is 3.59. The Kier molecular flexibility index (Phi) is 2.44. The number of nitrogens with zero attached hydrogens (tertiary/aromatic N) is 1. The number of likely N-dealkylation sites (tertiary alicyclic amines) is 1. The quantitative estimate of drug-likeness (QED) is 0.665. The number of hydrogen-bond donors (Lipinski definition) is 1. The van der Waals surface area contributed by atoms with E-state index >= 15 is 0 Å². The normalized spacial score (nSPS) is 29.1. The summed E-state index contributed by atoms with van der Waals surface area (Å²) < 4.78 is 0. The fourth-order valence-electron chi connectivity index (χ4n) is 2.21. The summed E-state index contributed by atoms with van der Waals surface area (Å²) in [4.78, 5) is 23.5. The van der Waals surface area contributed by atoms with E-state index in [2.05, 4.69) is 0 Å². The molecule has 1 amide bonds. The van der Waals surface area contributed by atoms with Crippen molar-refractivity contribution in [3.63, 3.8) is 0 Å². The first-order valence-corrected chi connectivity index (χ1v) is 5.20. The first kappa shape index (κ1) is 9.49. The smallest absolute Gasteiger partial charge is 0.303 e. The average Bonchev–Trinajstić information content (AvgIpc) is 2.77. The molecule has 4 heteroatoms. The minimum Gasteiger partial charge on any atom is -0.481 e. The zero-order chi connectivity index (χ0) is 10.1. The van der Waals surface area contributed by atoms with Crippen LogP contribution in [0.1, 0.15) is 32.1 Å². The molecule has 2 atom stereocenters. The highest BCUT2D eigenvalue weighted by atomic mass is 16.4. The molecular formula is C10H15NO3. The Balaban J connectivity index is 1.65. The van der Waals surface area contributed by atoms with Gasteiger partial charge in [0.15, 0.2) is 0 Å². The van der Waals surface area contributed by atoms with Gasteiger partial charge >= 0.3 is 5.97 Å². The third kappa shape index (κ3) is 1.89. The van der Waals surface area contributed by atoms with E-state index in [0.29, 0.717) is 18.4 Å². The highest BCUT2D eigenvalue weighted by Gasteiger charge is 2.50. The third-order valence-electron chi connectivity index (χ3n) is 3.08. The number of aliphatic carboxylic acids is 1. The Morgan fingerprint density at radius 3 is 2.86 bits per heavy atom. The van der Waals surface area contributed by atoms with Crippen molar-refractivity contribution >= 4 is 11.9 Å². The highest BCUT2D eigenvalue weighted by molar-refractivity contribution is 5.80. The molecule has 1 saturated heterocycles. The Hall–Kier alpha value is -1.06. The van der Waals surface area contributed by atoms with E-state index in [0.717, 1.165) is 19.4 Å². The van der Waals surface area contributed by atoms with Crippen LogP contribution < -0.4 is 0 Å². The van der Waals surface area contributed by atoms with E-state index in [4.69, 9.17) is 5.11 Å². The lowest BCUT2D eigenvalue weighted by atomic mass is 10.2. The van der Waals surface area contributed by atoms with Crippen LogP contribution in [0.5, 0.6) is 0 Å². The molecule has 78 valence electrons. The number of fused-ring (bicyclic) bond motifs is 1. The van der Waals surface area contributed by atoms with E-state index < -0.39 is 5.97 Å². The third-order valence-corrected chi connectivity index (χ3v) is 3.08. The van der Waals surface area contributed by atoms with Crippen molar-refractivity contribution < 1.29 is 14.7 Å². The molecule has 2 rings (SSSR count). The number of amides is 1. The molecule has 14 heavy (non-hydrogen) atoms. The number of piperidine rings is 1. The number of carboxylic acids is 1. The van der Waals surface area contributed by atoms with Crippen LogP contribution in [0.25, 0.3) is 0 Å². The Labute approximate surface area is 82.9 Å². The van der Waals surface area contributed by atoms with Crippen LogP contribution in [0.2, 0.25) is 0 Å². The molecule has 1 aliphatic heterocycles. The Morgan fingerprint density at radius 1 is 1.50 bits per heavy atom. The van der Waals surface area contributed by atoms with E-state index in [1.54, 1.807) is 0 Å². The average molecular weight is 197 g/mol. The van der Waals surface area contributed by atoms with Crippen molar-refractivity contribution in [2.24, 2.45) is 5.92 Å². The van der Waals surface area contributed by atoms with Crippen LogP contribution in [0.3, 0.4) is 0 Å². The van der Waals surface area contributed by atoms with Crippen molar-refractivity contribution in [2.75, 3.05) is 6.54 Å². The fourth-order valence-corrected chi connectivity index (χ4v) is 2.21. The van der Waals surface area contributed by atoms with Crippen LogP contribution in [-0.2, 0) is 9.59 Å². The van der Waals surface area contributed by atoms with Crippen molar-refractivity contribution in [3.05, 3.63) is 0 Å². The summed E-state index contributed by atoms with van der Waals surface area (Å²) in [5.74, 6) is 0.144. The zero-order valence-corrected chi connectivity index (χ0v) is 8.11. The molecule has 0 aromatic carbocycles. The molecule has 2 aliphatic rings. The van der Waals surface area contributed by atoms with Gasteiger partial charge in [-0.05, 0) is 25.2 Å². The number of hydrogen-bond acceptors (Lipinski definition) is 2. The van der Waals surface area contributed by atoms with Gasteiger partial charge in [-0.1, -0.05) is 0 Å². The SMILES string of the molecule is O=C(O)CCCCN1C(=O)CC2CC21. The number of carbonyl (C=O) groups is 2. The summed E-state index contributed by atoms with van der Waals surface area (Å²) in [5.41, 5.74) is 0. The highest BCUT2D eigenvalue weighted by Crippen LogP contribution is 2.44. The second-order valence-electron chi connectivity index (χ2n) is 4.21. The van der Waals surface area contributed by atoms with Crippen molar-refractivity contribution in [1.82, 2.24) is 4.90 Å². The molecule has 1 N–H and O–H groups in total. The van der Waals surface area contributed by atoms with Gasteiger partial charge in [0.25, 0.3) is 0 Å². The zero-order valence-electron chi connectivity index (χ0n) is 8.11. The molecule has 0 aromatic rings. The molecule has 1 heterocycles. The molecular weight excluding hydrogens is 182 g/mol. The topological polar surface area (TPSA) is 57.6 Å². The number of carboxylic acid groups (broad SMARTS) is 1. The van der Waals surface area contributed by atoms with Gasteiger partial charge in [0.05, 0.1) is 0 Å². The number of carbonyl (C=O) groups excluding carboxylic acids is 1. The van der Waals surface area contributed by atoms with Crippen molar-refractivity contribution in [1.29, 1.82) is 0 Å². The maximum absolute atomic E-state index is 11.4. The predicted molar refractivity (Wildman–Crippen MR) is 49.7 cm³/mol. The maximum atomic E-state index is 11.4. The standard InChI is InChI=1S/C10H15NO3/c12-9-6-7-5-8(7)11(9)4-2-1-3-10(13)14/h7-8H,1-6H2,(H,13,14). The molecule has 0 bridgehead atoms. The van der Waals surface area contributed by atoms with Gasteiger partial charge in [-0.2, -0.15) is 0 Å². The first-order chi connectivity index (χ1) is 6.68. The van der Waals surface area contributed by atoms with Crippen LogP contribution in [0.4, 0.5) is 0 Å². The predicted octanol–water partition coefficient (Wildman–Crippen LogP) is 0.862. The van der Waals surface area contributed by atoms with E-state index in [-0.39, 0.29) is 12.3 Å². The van der Waals surface area contributed by atoms with Crippen molar-refractivity contribution in [3.8, 4) is 0 Å². The number of unbranched alkanes of at least 4 members (excludes halogenated alkanes) is 1. The summed E-state index contributed by atoms with van der Waals surface area (Å²) in [5, 5.41) is 8.44. The Morgan fingerprint density at radius 2 is 2.29 bits per heavy atom. The van der Waals surface area contributed by atoms with Crippen LogP contribution in [0.15, 0.2) is 0 Å². The molecule has 1 aliphatic carbocycles. The summed E-state index contributed by atoms with van der Waals surface area (Å²) in [6.07, 6.45) is 3.61. The largest absolute Gasteiger partial charge is 0.481 e. The lowest BCUT2D eigenvalue weighted by Gasteiger charge is -2.17. The van der Waals surface area contributed by atoms with E-state index in [9.17, 15) is 9.59 Å². The molecule has 0 aromatic heterocycles. The van der Waals surface area contributed by atoms with Gasteiger partial charge in [-0.3, -0.25) is 9.59 Å². The molecule has 0 radical (unpaired) electrons. The number of rotatable bonds is 5. The Bertz CT molecular complexity index is 264. The summed E-state index contributed by atoms with van der Waals surface area (Å²) in [6, 6.07) is 0.507. The van der Waals surface area contributed by atoms with Gasteiger partial charge in [0, 0.05) is 25.4 Å². The van der Waals surface area contributed by atoms with E-state index in [1.165, 1.54) is 6.42 Å². The lowest BCUT2D eigenvalue weighted by molar-refractivity contribution is -0.137. The van der Waals surface area contributed by atoms with Crippen LogP contribution >= 0.6 is 0 Å². The lowest BCUT2D eigenvalue weighted by Crippen LogP contribution is -2.29. The van der Waals surface area contributed by atoms with Gasteiger partial charge in [-0.15, -0.1) is 0 Å². The monoisotopic (exact) mass is 197 g/mol. The second-order valence-corrected chi connectivity index (χ2v) is 4.21. The minimum atomic E-state index is -0.748. The minimum absolute atomic E-state index is 0.218. The molecule has 2 unspecified atom stereocenters. The maximum Gasteiger partial charge on any atom is 0.303 e. The van der Waals surface area contributed by atoms with Crippen molar-refractivity contribution in [2.45, 2.75) is 38.1 Å². The van der Waals surface area contributed by atoms with Crippen LogP contribution in [-0.4, -0.2) is 34.5 Å². The molecule has 2 fully saturated rings. The van der Waals surface area contributed by atoms with Gasteiger partial charge in [-0.25, -0.2) is 0 Å². The van der Waals surface area contributed by atoms with Gasteiger partial charge in [0.1, 0.15) is 0 Å². The summed E-state index contributed by atoms with van der Waals surface area (Å²) >= 11 is 0. The molecule has 0 spiro atoms. The summed E-state index contributed by atoms with van der Waals surface area (Å²) in [7, 11) is 0. The van der Waals surface area contributed by atoms with Gasteiger partial charge in [0.2, 0.25) is 5.91 Å². The van der Waals surface area contributed by atoms with Gasteiger partial charge < -0.3 is 10.0 Å².